The van der Waals surface area contributed by atoms with Gasteiger partial charge in [-0.1, -0.05) is 35.9 Å². The van der Waals surface area contributed by atoms with Crippen LogP contribution in [0.5, 0.6) is 0 Å². The number of para-hydroxylation sites is 1. The Hall–Kier alpha value is -3.38. The molecule has 2 N–H and O–H groups in total. The van der Waals surface area contributed by atoms with Crippen LogP contribution in [0.2, 0.25) is 5.02 Å². The highest BCUT2D eigenvalue weighted by Crippen LogP contribution is 2.19. The average Bonchev–Trinajstić information content (AvgIpc) is 2.66. The van der Waals surface area contributed by atoms with Gasteiger partial charge >= 0.3 is 5.63 Å². The van der Waals surface area contributed by atoms with Gasteiger partial charge < -0.3 is 4.42 Å². The molecule has 0 bridgehead atoms. The van der Waals surface area contributed by atoms with Gasteiger partial charge in [-0.2, -0.15) is 0 Å². The second kappa shape index (κ2) is 7.88. The van der Waals surface area contributed by atoms with Crippen LogP contribution in [0.15, 0.2) is 70.4 Å². The van der Waals surface area contributed by atoms with E-state index in [2.05, 4.69) is 17.4 Å². The molecule has 2 amide bonds. The SMILES string of the molecule is C=CCc1cccc2cc(C(=O)NNC(=O)c3ccc(Cl)cc3)c(=O)oc12. The Morgan fingerprint density at radius 2 is 1.78 bits per heavy atom. The first-order valence-corrected chi connectivity index (χ1v) is 8.40. The van der Waals surface area contributed by atoms with Crippen molar-refractivity contribution in [3.05, 3.63) is 93.3 Å². The number of fused-ring (bicyclic) bond motifs is 1. The molecular weight excluding hydrogens is 368 g/mol. The quantitative estimate of drug-likeness (QED) is 0.412. The molecule has 6 nitrogen and oxygen atoms in total. The summed E-state index contributed by atoms with van der Waals surface area (Å²) in [5, 5.41) is 1.09. The highest BCUT2D eigenvalue weighted by molar-refractivity contribution is 6.30. The molecule has 0 unspecified atom stereocenters. The topological polar surface area (TPSA) is 88.4 Å². The van der Waals surface area contributed by atoms with E-state index >= 15 is 0 Å². The fraction of sp³-hybridized carbons (Fsp3) is 0.0500. The molecular formula is C20H15ClN2O4. The van der Waals surface area contributed by atoms with Gasteiger partial charge in [-0.05, 0) is 42.3 Å². The fourth-order valence-corrected chi connectivity index (χ4v) is 2.66. The molecule has 0 aliphatic rings. The molecule has 1 aromatic heterocycles. The summed E-state index contributed by atoms with van der Waals surface area (Å²) in [4.78, 5) is 36.5. The van der Waals surface area contributed by atoms with Crippen molar-refractivity contribution in [2.45, 2.75) is 6.42 Å². The first kappa shape index (κ1) is 18.4. The summed E-state index contributed by atoms with van der Waals surface area (Å²) in [7, 11) is 0. The lowest BCUT2D eigenvalue weighted by molar-refractivity contribution is 0.0844. The van der Waals surface area contributed by atoms with Crippen molar-refractivity contribution >= 4 is 34.4 Å². The maximum Gasteiger partial charge on any atom is 0.349 e. The minimum absolute atomic E-state index is 0.213. The molecule has 0 aliphatic carbocycles. The van der Waals surface area contributed by atoms with Gasteiger partial charge in [0.05, 0.1) is 0 Å². The van der Waals surface area contributed by atoms with Gasteiger partial charge in [-0.25, -0.2) is 4.79 Å². The Bertz CT molecular complexity index is 1090. The Balaban J connectivity index is 1.80. The normalized spacial score (nSPS) is 10.4. The van der Waals surface area contributed by atoms with E-state index in [1.807, 2.05) is 6.07 Å². The van der Waals surface area contributed by atoms with Crippen LogP contribution < -0.4 is 16.5 Å². The predicted octanol–water partition coefficient (Wildman–Crippen LogP) is 3.25. The largest absolute Gasteiger partial charge is 0.422 e. The van der Waals surface area contributed by atoms with Crippen LogP contribution in [0.25, 0.3) is 11.0 Å². The monoisotopic (exact) mass is 382 g/mol. The van der Waals surface area contributed by atoms with E-state index < -0.39 is 17.4 Å². The van der Waals surface area contributed by atoms with Crippen LogP contribution in [0, 0.1) is 0 Å². The number of carbonyl (C=O) groups is 2. The van der Waals surface area contributed by atoms with Crippen molar-refractivity contribution in [2.24, 2.45) is 0 Å². The number of hydrogen-bond acceptors (Lipinski definition) is 4. The van der Waals surface area contributed by atoms with Gasteiger partial charge in [-0.15, -0.1) is 6.58 Å². The molecule has 27 heavy (non-hydrogen) atoms. The zero-order valence-electron chi connectivity index (χ0n) is 14.1. The minimum atomic E-state index is -0.794. The number of hydrogen-bond donors (Lipinski definition) is 2. The Labute approximate surface area is 159 Å². The highest BCUT2D eigenvalue weighted by Gasteiger charge is 2.16. The van der Waals surface area contributed by atoms with Crippen LogP contribution >= 0.6 is 11.6 Å². The molecule has 7 heteroatoms. The summed E-state index contributed by atoms with van der Waals surface area (Å²) >= 11 is 5.77. The number of allylic oxidation sites excluding steroid dienone is 1. The fourth-order valence-electron chi connectivity index (χ4n) is 2.53. The first-order chi connectivity index (χ1) is 13.0. The third kappa shape index (κ3) is 4.07. The van der Waals surface area contributed by atoms with Crippen molar-refractivity contribution in [1.29, 1.82) is 0 Å². The van der Waals surface area contributed by atoms with Gasteiger partial charge in [0.25, 0.3) is 11.8 Å². The maximum absolute atomic E-state index is 12.3. The molecule has 0 radical (unpaired) electrons. The number of halogens is 1. The first-order valence-electron chi connectivity index (χ1n) is 8.02. The van der Waals surface area contributed by atoms with Crippen LogP contribution in [0.4, 0.5) is 0 Å². The summed E-state index contributed by atoms with van der Waals surface area (Å²) in [6, 6.07) is 12.9. The molecule has 0 saturated heterocycles. The molecule has 0 fully saturated rings. The number of rotatable bonds is 4. The van der Waals surface area contributed by atoms with E-state index in [4.69, 9.17) is 16.0 Å². The highest BCUT2D eigenvalue weighted by atomic mass is 35.5. The van der Waals surface area contributed by atoms with Gasteiger partial charge in [0.2, 0.25) is 0 Å². The summed E-state index contributed by atoms with van der Waals surface area (Å²) in [6.45, 7) is 3.67. The second-order valence-corrected chi connectivity index (χ2v) is 6.13. The van der Waals surface area contributed by atoms with Crippen molar-refractivity contribution in [2.75, 3.05) is 0 Å². The summed E-state index contributed by atoms with van der Waals surface area (Å²) in [5.41, 5.74) is 4.96. The van der Waals surface area contributed by atoms with Crippen molar-refractivity contribution in [3.8, 4) is 0 Å². The zero-order valence-corrected chi connectivity index (χ0v) is 14.9. The van der Waals surface area contributed by atoms with E-state index in [0.29, 0.717) is 28.0 Å². The van der Waals surface area contributed by atoms with E-state index in [9.17, 15) is 14.4 Å². The molecule has 0 aliphatic heterocycles. The van der Waals surface area contributed by atoms with Crippen LogP contribution in [-0.2, 0) is 6.42 Å². The van der Waals surface area contributed by atoms with Gasteiger partial charge in [0.15, 0.2) is 0 Å². The lowest BCUT2D eigenvalue weighted by Crippen LogP contribution is -2.43. The molecule has 2 aromatic carbocycles. The third-order valence-corrected chi connectivity index (χ3v) is 4.10. The van der Waals surface area contributed by atoms with E-state index in [1.165, 1.54) is 18.2 Å². The van der Waals surface area contributed by atoms with Gasteiger partial charge in [0.1, 0.15) is 11.1 Å². The summed E-state index contributed by atoms with van der Waals surface area (Å²) < 4.78 is 5.31. The Kier molecular flexibility index (Phi) is 5.38. The molecule has 3 rings (SSSR count). The molecule has 3 aromatic rings. The van der Waals surface area contributed by atoms with E-state index in [1.54, 1.807) is 30.3 Å². The molecule has 136 valence electrons. The predicted molar refractivity (Wildman–Crippen MR) is 103 cm³/mol. The van der Waals surface area contributed by atoms with Crippen LogP contribution in [0.3, 0.4) is 0 Å². The van der Waals surface area contributed by atoms with Gasteiger partial charge in [-0.3, -0.25) is 20.4 Å². The van der Waals surface area contributed by atoms with Crippen LogP contribution in [-0.4, -0.2) is 11.8 Å². The molecule has 0 atom stereocenters. The van der Waals surface area contributed by atoms with Crippen molar-refractivity contribution in [3.63, 3.8) is 0 Å². The van der Waals surface area contributed by atoms with Crippen molar-refractivity contribution < 1.29 is 14.0 Å². The lowest BCUT2D eigenvalue weighted by Gasteiger charge is -2.08. The molecule has 0 saturated carbocycles. The van der Waals surface area contributed by atoms with Crippen molar-refractivity contribution in [1.82, 2.24) is 10.9 Å². The Morgan fingerprint density at radius 3 is 2.48 bits per heavy atom. The number of benzene rings is 2. The number of carbonyl (C=O) groups excluding carboxylic acids is 2. The second-order valence-electron chi connectivity index (χ2n) is 5.69. The minimum Gasteiger partial charge on any atom is -0.422 e. The smallest absolute Gasteiger partial charge is 0.349 e. The van der Waals surface area contributed by atoms with Gasteiger partial charge in [0, 0.05) is 16.0 Å². The van der Waals surface area contributed by atoms with Crippen LogP contribution in [0.1, 0.15) is 26.3 Å². The number of hydrazine groups is 1. The standard InChI is InChI=1S/C20H15ClN2O4/c1-2-4-12-5-3-6-14-11-16(20(26)27-17(12)14)19(25)23-22-18(24)13-7-9-15(21)10-8-13/h2-3,5-11H,1,4H2,(H,22,24)(H,23,25). The molecule has 1 heterocycles. The maximum atomic E-state index is 12.3. The zero-order chi connectivity index (χ0) is 19.4. The van der Waals surface area contributed by atoms with E-state index in [-0.39, 0.29) is 5.56 Å². The average molecular weight is 383 g/mol. The number of amides is 2. The summed E-state index contributed by atoms with van der Waals surface area (Å²) in [5.74, 6) is -1.32. The summed E-state index contributed by atoms with van der Waals surface area (Å²) in [6.07, 6.45) is 2.23. The Morgan fingerprint density at radius 1 is 1.07 bits per heavy atom. The third-order valence-electron chi connectivity index (χ3n) is 3.85. The number of nitrogens with one attached hydrogen (secondary N) is 2. The lowest BCUT2D eigenvalue weighted by atomic mass is 10.1. The van der Waals surface area contributed by atoms with E-state index in [0.717, 1.165) is 5.56 Å². The molecule has 0 spiro atoms.